The summed E-state index contributed by atoms with van der Waals surface area (Å²) in [6, 6.07) is 22.3. The number of nitrogens with zero attached hydrogens (tertiary/aromatic N) is 9. The molecule has 0 saturated carbocycles. The van der Waals surface area contributed by atoms with Crippen molar-refractivity contribution in [3.63, 3.8) is 0 Å². The molecule has 2 aliphatic heterocycles. The van der Waals surface area contributed by atoms with Crippen molar-refractivity contribution in [1.82, 2.24) is 53.8 Å². The Hall–Kier alpha value is -6.39. The van der Waals surface area contributed by atoms with Crippen molar-refractivity contribution < 1.29 is 9.59 Å². The number of aromatic nitrogens is 8. The van der Waals surface area contributed by atoms with Gasteiger partial charge in [-0.3, -0.25) is 37.9 Å². The van der Waals surface area contributed by atoms with Crippen LogP contribution in [0.2, 0.25) is 5.15 Å². The maximum absolute atomic E-state index is 12.5. The number of piperazine rings is 2. The summed E-state index contributed by atoms with van der Waals surface area (Å²) in [6.07, 6.45) is 0. The van der Waals surface area contributed by atoms with Crippen molar-refractivity contribution in [3.05, 3.63) is 98.7 Å². The van der Waals surface area contributed by atoms with Crippen LogP contribution in [0.4, 0.5) is 5.82 Å². The summed E-state index contributed by atoms with van der Waals surface area (Å²) < 4.78 is 3.69. The normalized spacial score (nSPS) is 14.7. The number of halogens is 1. The Bertz CT molecular complexity index is 2870. The number of amides is 2. The van der Waals surface area contributed by atoms with E-state index in [0.717, 1.165) is 67.2 Å². The van der Waals surface area contributed by atoms with Gasteiger partial charge in [-0.15, -0.1) is 0 Å². The minimum absolute atomic E-state index is 0.0965. The molecule has 0 spiro atoms. The number of benzene rings is 2. The van der Waals surface area contributed by atoms with Gasteiger partial charge in [-0.05, 0) is 48.5 Å². The quantitative estimate of drug-likeness (QED) is 0.210. The van der Waals surface area contributed by atoms with Crippen LogP contribution in [0.3, 0.4) is 0 Å². The highest BCUT2D eigenvalue weighted by atomic mass is 35.5. The zero-order chi connectivity index (χ0) is 38.2. The largest absolute Gasteiger partial charge is 0.353 e. The number of fused-ring (bicyclic) bond motifs is 10. The number of H-pyrrole nitrogens is 2. The molecule has 8 aromatic rings. The summed E-state index contributed by atoms with van der Waals surface area (Å²) in [5.74, 6) is 2.04. The second kappa shape index (κ2) is 14.8. The summed E-state index contributed by atoms with van der Waals surface area (Å²) in [4.78, 5) is 76.1. The van der Waals surface area contributed by atoms with Crippen LogP contribution in [-0.4, -0.2) is 113 Å². The smallest absolute Gasteiger partial charge is 0.261 e. The number of imidazole rings is 2. The molecule has 16 nitrogen and oxygen atoms in total. The van der Waals surface area contributed by atoms with E-state index in [1.807, 2.05) is 74.9 Å². The first-order valence-electron chi connectivity index (χ1n) is 17.9. The Kier molecular flexibility index (Phi) is 9.59. The Labute approximate surface area is 317 Å². The van der Waals surface area contributed by atoms with Gasteiger partial charge in [0.2, 0.25) is 23.4 Å². The maximum atomic E-state index is 12.5. The van der Waals surface area contributed by atoms with Crippen LogP contribution >= 0.6 is 11.6 Å². The summed E-state index contributed by atoms with van der Waals surface area (Å²) in [5.41, 5.74) is 4.08. The lowest BCUT2D eigenvalue weighted by molar-refractivity contribution is -0.130. The number of hydrogen-bond acceptors (Lipinski definition) is 10. The van der Waals surface area contributed by atoms with Crippen LogP contribution in [0.15, 0.2) is 82.4 Å². The zero-order valence-corrected chi connectivity index (χ0v) is 30.9. The molecule has 3 N–H and O–H groups in total. The van der Waals surface area contributed by atoms with Crippen molar-refractivity contribution in [1.29, 1.82) is 0 Å². The van der Waals surface area contributed by atoms with Crippen LogP contribution in [-0.2, 0) is 9.59 Å². The average Bonchev–Trinajstić information content (AvgIpc) is 3.76. The van der Waals surface area contributed by atoms with E-state index in [1.165, 1.54) is 0 Å². The topological polar surface area (TPSA) is 182 Å². The maximum Gasteiger partial charge on any atom is 0.261 e. The Morgan fingerprint density at radius 3 is 1.62 bits per heavy atom. The van der Waals surface area contributed by atoms with E-state index in [1.54, 1.807) is 30.4 Å². The Morgan fingerprint density at radius 2 is 1.09 bits per heavy atom. The highest BCUT2D eigenvalue weighted by Crippen LogP contribution is 2.23. The molecule has 2 aromatic carbocycles. The molecule has 2 fully saturated rings. The first-order valence-corrected chi connectivity index (χ1v) is 18.3. The van der Waals surface area contributed by atoms with Gasteiger partial charge in [-0.25, -0.2) is 19.9 Å². The molecule has 0 radical (unpaired) electrons. The standard InChI is InChI=1S/C19H18N6O2.C13H7ClN4O.C6H12N2O/c1-12(26)23-8-10-24(11-9-23)16-7-6-13-17(21-16)25-15-5-3-2-4-14(15)20-19(25)22-18(13)27;14-10-6-5-7-11(16-10)18-9-4-2-1-3-8(9)15-13(18)17-12(7)19;1-6(9)8-4-2-7-3-5-8/h2-7H,8-11H2,1H3,(H,20,22,27);1-6H,(H,15,17,19);7H,2-5H2,1H3. The SMILES string of the molecule is CC(=O)N1CCN(c2ccc3c(=O)[nH]c4nc5ccccc5n4c3n2)CC1.CC(=O)N1CCNCC1.O=c1[nH]c2nc3ccccc3n2c2nc(Cl)ccc12. The van der Waals surface area contributed by atoms with Gasteiger partial charge in [0.1, 0.15) is 11.0 Å². The van der Waals surface area contributed by atoms with Crippen LogP contribution in [0.25, 0.3) is 55.7 Å². The molecule has 0 bridgehead atoms. The third kappa shape index (κ3) is 6.92. The molecule has 6 aromatic heterocycles. The first kappa shape index (κ1) is 35.6. The van der Waals surface area contributed by atoms with Gasteiger partial charge >= 0.3 is 0 Å². The fraction of sp³-hybridized carbons (Fsp3) is 0.263. The number of anilines is 1. The summed E-state index contributed by atoms with van der Waals surface area (Å²) >= 11 is 5.93. The predicted octanol–water partition coefficient (Wildman–Crippen LogP) is 3.21. The molecule has 17 heteroatoms. The van der Waals surface area contributed by atoms with E-state index in [4.69, 9.17) is 16.6 Å². The third-order valence-corrected chi connectivity index (χ3v) is 10.0. The molecule has 0 aliphatic carbocycles. The number of carbonyl (C=O) groups excluding carboxylic acids is 2. The third-order valence-electron chi connectivity index (χ3n) is 9.80. The lowest BCUT2D eigenvalue weighted by Gasteiger charge is -2.34. The van der Waals surface area contributed by atoms with Crippen LogP contribution in [0.1, 0.15) is 13.8 Å². The minimum atomic E-state index is -0.220. The Morgan fingerprint density at radius 1 is 0.600 bits per heavy atom. The zero-order valence-electron chi connectivity index (χ0n) is 30.1. The summed E-state index contributed by atoms with van der Waals surface area (Å²) in [6.45, 7) is 9.62. The number of aromatic amines is 2. The molecular weight excluding hydrogens is 724 g/mol. The van der Waals surface area contributed by atoms with Gasteiger partial charge in [0, 0.05) is 66.2 Å². The van der Waals surface area contributed by atoms with Crippen molar-refractivity contribution in [3.8, 4) is 0 Å². The first-order chi connectivity index (χ1) is 26.7. The lowest BCUT2D eigenvalue weighted by atomic mass is 10.2. The van der Waals surface area contributed by atoms with Gasteiger partial charge in [0.05, 0.1) is 32.8 Å². The predicted molar refractivity (Wildman–Crippen MR) is 212 cm³/mol. The molecule has 2 aliphatic rings. The monoisotopic (exact) mass is 760 g/mol. The number of rotatable bonds is 1. The van der Waals surface area contributed by atoms with Crippen LogP contribution < -0.4 is 21.3 Å². The minimum Gasteiger partial charge on any atom is -0.353 e. The van der Waals surface area contributed by atoms with E-state index in [-0.39, 0.29) is 22.9 Å². The lowest BCUT2D eigenvalue weighted by Crippen LogP contribution is -2.48. The second-order valence-electron chi connectivity index (χ2n) is 13.2. The molecular formula is C38H37ClN12O4. The molecule has 2 amide bonds. The van der Waals surface area contributed by atoms with E-state index < -0.39 is 0 Å². The van der Waals surface area contributed by atoms with E-state index in [0.29, 0.717) is 51.9 Å². The summed E-state index contributed by atoms with van der Waals surface area (Å²) in [5, 5.41) is 4.53. The van der Waals surface area contributed by atoms with Crippen LogP contribution in [0.5, 0.6) is 0 Å². The Balaban J connectivity index is 0.000000132. The number of nitrogens with one attached hydrogen (secondary N) is 3. The molecule has 2 saturated heterocycles. The van der Waals surface area contributed by atoms with E-state index >= 15 is 0 Å². The highest BCUT2D eigenvalue weighted by Gasteiger charge is 2.21. The number of hydrogen-bond donors (Lipinski definition) is 3. The fourth-order valence-corrected chi connectivity index (χ4v) is 7.09. The highest BCUT2D eigenvalue weighted by molar-refractivity contribution is 6.29. The molecule has 0 unspecified atom stereocenters. The number of para-hydroxylation sites is 4. The molecule has 280 valence electrons. The van der Waals surface area contributed by atoms with Gasteiger partial charge in [-0.1, -0.05) is 35.9 Å². The van der Waals surface area contributed by atoms with Gasteiger partial charge < -0.3 is 20.0 Å². The number of carbonyl (C=O) groups is 2. The van der Waals surface area contributed by atoms with Crippen LogP contribution in [0, 0.1) is 0 Å². The van der Waals surface area contributed by atoms with Gasteiger partial charge in [-0.2, -0.15) is 0 Å². The fourth-order valence-electron chi connectivity index (χ4n) is 6.95. The molecule has 0 atom stereocenters. The van der Waals surface area contributed by atoms with E-state index in [2.05, 4.69) is 35.1 Å². The summed E-state index contributed by atoms with van der Waals surface area (Å²) in [7, 11) is 0. The van der Waals surface area contributed by atoms with Crippen molar-refractivity contribution in [2.75, 3.05) is 57.3 Å². The molecule has 10 rings (SSSR count). The second-order valence-corrected chi connectivity index (χ2v) is 13.6. The van der Waals surface area contributed by atoms with Crippen molar-refractivity contribution in [2.45, 2.75) is 13.8 Å². The number of pyridine rings is 2. The average molecular weight is 761 g/mol. The van der Waals surface area contributed by atoms with Gasteiger partial charge in [0.25, 0.3) is 11.1 Å². The van der Waals surface area contributed by atoms with E-state index in [9.17, 15) is 19.2 Å². The van der Waals surface area contributed by atoms with Crippen molar-refractivity contribution in [2.24, 2.45) is 0 Å². The van der Waals surface area contributed by atoms with Gasteiger partial charge in [0.15, 0.2) is 11.3 Å². The molecule has 55 heavy (non-hydrogen) atoms. The van der Waals surface area contributed by atoms with Crippen molar-refractivity contribution >= 4 is 84.9 Å². The molecule has 8 heterocycles.